The van der Waals surface area contributed by atoms with Crippen LogP contribution in [0.25, 0.3) is 0 Å². The van der Waals surface area contributed by atoms with Crippen LogP contribution >= 0.6 is 0 Å². The molecule has 0 spiro atoms. The zero-order valence-corrected chi connectivity index (χ0v) is 18.2. The van der Waals surface area contributed by atoms with Crippen LogP contribution in [0.1, 0.15) is 38.6 Å². The second-order valence-electron chi connectivity index (χ2n) is 8.37. The van der Waals surface area contributed by atoms with Crippen molar-refractivity contribution in [3.05, 3.63) is 36.9 Å². The SMILES string of the molecule is C[C@H](C(=O)Nc1ccc(NC(=O)[C@@H]2CCCN(C(=O)N3CCCC3)C2)cc1)n1cncn1. The molecule has 10 heteroatoms. The van der Waals surface area contributed by atoms with Crippen molar-refractivity contribution in [2.45, 2.75) is 38.6 Å². The third-order valence-electron chi connectivity index (χ3n) is 6.07. The lowest BCUT2D eigenvalue weighted by atomic mass is 9.97. The van der Waals surface area contributed by atoms with Gasteiger partial charge in [-0.15, -0.1) is 0 Å². The number of nitrogens with one attached hydrogen (secondary N) is 2. The summed E-state index contributed by atoms with van der Waals surface area (Å²) in [7, 11) is 0. The van der Waals surface area contributed by atoms with Crippen LogP contribution < -0.4 is 10.6 Å². The maximum Gasteiger partial charge on any atom is 0.320 e. The summed E-state index contributed by atoms with van der Waals surface area (Å²) in [5.41, 5.74) is 1.28. The van der Waals surface area contributed by atoms with E-state index in [1.54, 1.807) is 31.2 Å². The monoisotopic (exact) mass is 439 g/mol. The maximum absolute atomic E-state index is 12.8. The van der Waals surface area contributed by atoms with Gasteiger partial charge >= 0.3 is 6.03 Å². The Morgan fingerprint density at radius 1 is 0.969 bits per heavy atom. The number of rotatable bonds is 5. The molecule has 2 aromatic rings. The number of urea groups is 1. The molecule has 2 saturated heterocycles. The fourth-order valence-corrected chi connectivity index (χ4v) is 4.14. The van der Waals surface area contributed by atoms with E-state index in [9.17, 15) is 14.4 Å². The molecule has 2 atom stereocenters. The Morgan fingerprint density at radius 2 is 1.62 bits per heavy atom. The molecular formula is C22H29N7O3. The lowest BCUT2D eigenvalue weighted by molar-refractivity contribution is -0.121. The topological polar surface area (TPSA) is 112 Å². The Kier molecular flexibility index (Phi) is 6.67. The molecule has 0 radical (unpaired) electrons. The quantitative estimate of drug-likeness (QED) is 0.743. The lowest BCUT2D eigenvalue weighted by Crippen LogP contribution is -2.48. The van der Waals surface area contributed by atoms with Crippen LogP contribution in [0.4, 0.5) is 16.2 Å². The molecule has 0 saturated carbocycles. The summed E-state index contributed by atoms with van der Waals surface area (Å²) in [5.74, 6) is -0.518. The summed E-state index contributed by atoms with van der Waals surface area (Å²) in [5, 5.41) is 9.75. The smallest absolute Gasteiger partial charge is 0.320 e. The van der Waals surface area contributed by atoms with Crippen molar-refractivity contribution < 1.29 is 14.4 Å². The van der Waals surface area contributed by atoms with Gasteiger partial charge in [0.1, 0.15) is 18.7 Å². The van der Waals surface area contributed by atoms with Crippen molar-refractivity contribution in [2.75, 3.05) is 36.8 Å². The molecule has 2 fully saturated rings. The van der Waals surface area contributed by atoms with Crippen LogP contribution in [0.5, 0.6) is 0 Å². The van der Waals surface area contributed by atoms with Gasteiger partial charge < -0.3 is 20.4 Å². The number of hydrogen-bond acceptors (Lipinski definition) is 5. The molecule has 2 N–H and O–H groups in total. The standard InChI is InChI=1S/C22H29N7O3/c1-16(29-15-23-14-24-29)20(30)25-18-6-8-19(9-7-18)26-21(31)17-5-4-12-28(13-17)22(32)27-10-2-3-11-27/h6-9,14-17H,2-5,10-13H2,1H3,(H,25,30)(H,26,31)/t16-,17-/m1/s1. The second-order valence-corrected chi connectivity index (χ2v) is 8.37. The number of carbonyl (C=O) groups excluding carboxylic acids is 3. The van der Waals surface area contributed by atoms with Crippen LogP contribution in [-0.4, -0.2) is 68.6 Å². The van der Waals surface area contributed by atoms with E-state index in [2.05, 4.69) is 20.7 Å². The first-order valence-corrected chi connectivity index (χ1v) is 11.1. The molecule has 1 aromatic carbocycles. The maximum atomic E-state index is 12.8. The summed E-state index contributed by atoms with van der Waals surface area (Å²) in [6.45, 7) is 4.52. The van der Waals surface area contributed by atoms with Crippen LogP contribution in [0.3, 0.4) is 0 Å². The van der Waals surface area contributed by atoms with E-state index >= 15 is 0 Å². The van der Waals surface area contributed by atoms with Crippen LogP contribution in [0.2, 0.25) is 0 Å². The van der Waals surface area contributed by atoms with Crippen molar-refractivity contribution in [2.24, 2.45) is 5.92 Å². The molecule has 1 aromatic heterocycles. The van der Waals surface area contributed by atoms with Crippen molar-refractivity contribution in [1.82, 2.24) is 24.6 Å². The van der Waals surface area contributed by atoms with Gasteiger partial charge in [0.15, 0.2) is 0 Å². The summed E-state index contributed by atoms with van der Waals surface area (Å²) in [6, 6.07) is 6.56. The van der Waals surface area contributed by atoms with Gasteiger partial charge in [-0.05, 0) is 56.9 Å². The number of piperidine rings is 1. The molecule has 2 aliphatic rings. The minimum absolute atomic E-state index is 0.0558. The number of amides is 4. The highest BCUT2D eigenvalue weighted by Crippen LogP contribution is 2.22. The summed E-state index contributed by atoms with van der Waals surface area (Å²) in [4.78, 5) is 45.4. The average Bonchev–Trinajstić information content (AvgIpc) is 3.54. The van der Waals surface area contributed by atoms with Gasteiger partial charge in [-0.3, -0.25) is 9.59 Å². The van der Waals surface area contributed by atoms with E-state index in [1.165, 1.54) is 17.3 Å². The first-order chi connectivity index (χ1) is 15.5. The van der Waals surface area contributed by atoms with Gasteiger partial charge in [0.05, 0.1) is 5.92 Å². The van der Waals surface area contributed by atoms with Gasteiger partial charge in [0.2, 0.25) is 11.8 Å². The van der Waals surface area contributed by atoms with Crippen LogP contribution in [0, 0.1) is 5.92 Å². The molecule has 170 valence electrons. The molecule has 4 amide bonds. The van der Waals surface area contributed by atoms with Gasteiger partial charge in [0.25, 0.3) is 0 Å². The molecule has 0 bridgehead atoms. The van der Waals surface area contributed by atoms with Gasteiger partial charge in [0, 0.05) is 37.6 Å². The number of anilines is 2. The molecule has 2 aliphatic heterocycles. The van der Waals surface area contributed by atoms with E-state index in [4.69, 9.17) is 0 Å². The van der Waals surface area contributed by atoms with E-state index in [-0.39, 0.29) is 23.8 Å². The Bertz CT molecular complexity index is 939. The predicted octanol–water partition coefficient (Wildman–Crippen LogP) is 2.34. The largest absolute Gasteiger partial charge is 0.326 e. The Balaban J connectivity index is 1.29. The van der Waals surface area contributed by atoms with Crippen LogP contribution in [0.15, 0.2) is 36.9 Å². The fourth-order valence-electron chi connectivity index (χ4n) is 4.14. The zero-order chi connectivity index (χ0) is 22.5. The van der Waals surface area contributed by atoms with Crippen molar-refractivity contribution in [3.8, 4) is 0 Å². The van der Waals surface area contributed by atoms with E-state index < -0.39 is 6.04 Å². The highest BCUT2D eigenvalue weighted by Gasteiger charge is 2.31. The first-order valence-electron chi connectivity index (χ1n) is 11.1. The fraction of sp³-hybridized carbons (Fsp3) is 0.500. The third-order valence-corrected chi connectivity index (χ3v) is 6.07. The second kappa shape index (κ2) is 9.80. The van der Waals surface area contributed by atoms with E-state index in [0.29, 0.717) is 24.5 Å². The molecule has 0 aliphatic carbocycles. The highest BCUT2D eigenvalue weighted by atomic mass is 16.2. The predicted molar refractivity (Wildman–Crippen MR) is 119 cm³/mol. The number of aromatic nitrogens is 3. The van der Waals surface area contributed by atoms with Crippen molar-refractivity contribution >= 4 is 29.2 Å². The Hall–Kier alpha value is -3.43. The van der Waals surface area contributed by atoms with Crippen molar-refractivity contribution in [3.63, 3.8) is 0 Å². The summed E-state index contributed by atoms with van der Waals surface area (Å²) >= 11 is 0. The Labute approximate surface area is 187 Å². The minimum atomic E-state index is -0.491. The van der Waals surface area contributed by atoms with Gasteiger partial charge in [-0.25, -0.2) is 14.5 Å². The number of benzene rings is 1. The van der Waals surface area contributed by atoms with Gasteiger partial charge in [-0.1, -0.05) is 0 Å². The summed E-state index contributed by atoms with van der Waals surface area (Å²) < 4.78 is 1.48. The number of likely N-dealkylation sites (tertiary alicyclic amines) is 2. The summed E-state index contributed by atoms with van der Waals surface area (Å²) in [6.07, 6.45) is 6.58. The zero-order valence-electron chi connectivity index (χ0n) is 18.2. The average molecular weight is 440 g/mol. The van der Waals surface area contributed by atoms with Gasteiger partial charge in [-0.2, -0.15) is 5.10 Å². The number of nitrogens with zero attached hydrogens (tertiary/aromatic N) is 5. The molecule has 3 heterocycles. The molecular weight excluding hydrogens is 410 g/mol. The molecule has 10 nitrogen and oxygen atoms in total. The van der Waals surface area contributed by atoms with E-state index in [0.717, 1.165) is 38.8 Å². The normalized spacial score (nSPS) is 19.5. The van der Waals surface area contributed by atoms with Crippen molar-refractivity contribution in [1.29, 1.82) is 0 Å². The lowest BCUT2D eigenvalue weighted by Gasteiger charge is -2.34. The number of hydrogen-bond donors (Lipinski definition) is 2. The molecule has 32 heavy (non-hydrogen) atoms. The van der Waals surface area contributed by atoms with E-state index in [1.807, 2.05) is 9.80 Å². The van der Waals surface area contributed by atoms with Crippen LogP contribution in [-0.2, 0) is 9.59 Å². The first kappa shape index (κ1) is 21.8. The molecule has 4 rings (SSSR count). The minimum Gasteiger partial charge on any atom is -0.326 e. The highest BCUT2D eigenvalue weighted by molar-refractivity contribution is 5.95. The Morgan fingerprint density at radius 3 is 2.28 bits per heavy atom. The molecule has 0 unspecified atom stereocenters. The third kappa shape index (κ3) is 5.06. The number of carbonyl (C=O) groups is 3.